The van der Waals surface area contributed by atoms with Crippen LogP contribution >= 0.6 is 0 Å². The van der Waals surface area contributed by atoms with Crippen molar-refractivity contribution in [3.05, 3.63) is 24.0 Å². The number of primary amides is 1. The molecule has 0 aromatic carbocycles. The third-order valence-corrected chi connectivity index (χ3v) is 2.10. The van der Waals surface area contributed by atoms with E-state index in [2.05, 4.69) is 4.98 Å². The van der Waals surface area contributed by atoms with Crippen LogP contribution in [0.3, 0.4) is 0 Å². The smallest absolute Gasteiger partial charge is 0.337 e. The van der Waals surface area contributed by atoms with Gasteiger partial charge in [0.2, 0.25) is 5.91 Å². The second-order valence-electron chi connectivity index (χ2n) is 3.18. The van der Waals surface area contributed by atoms with Gasteiger partial charge in [-0.3, -0.25) is 9.78 Å². The molecule has 1 aromatic rings. The second kappa shape index (κ2) is 5.11. The summed E-state index contributed by atoms with van der Waals surface area (Å²) in [7, 11) is 0. The molecule has 0 saturated carbocycles. The second-order valence-corrected chi connectivity index (χ2v) is 3.18. The van der Waals surface area contributed by atoms with Crippen LogP contribution in [0.5, 0.6) is 0 Å². The van der Waals surface area contributed by atoms with Gasteiger partial charge in [0, 0.05) is 12.7 Å². The highest BCUT2D eigenvalue weighted by Crippen LogP contribution is 2.18. The molecule has 0 atom stereocenters. The predicted octanol–water partition coefficient (Wildman–Crippen LogP) is 0.0914. The number of pyridine rings is 1. The number of carboxylic acid groups (broad SMARTS) is 1. The Labute approximate surface area is 92.7 Å². The van der Waals surface area contributed by atoms with Crippen molar-refractivity contribution < 1.29 is 14.7 Å². The molecule has 3 N–H and O–H groups in total. The van der Waals surface area contributed by atoms with Crippen molar-refractivity contribution in [1.82, 2.24) is 4.98 Å². The topological polar surface area (TPSA) is 96.5 Å². The fourth-order valence-corrected chi connectivity index (χ4v) is 1.37. The molecular formula is C10H13N3O3. The van der Waals surface area contributed by atoms with Crippen molar-refractivity contribution in [2.45, 2.75) is 6.92 Å². The summed E-state index contributed by atoms with van der Waals surface area (Å²) in [5.74, 6) is -1.57. The molecule has 0 fully saturated rings. The molecule has 6 nitrogen and oxygen atoms in total. The maximum atomic E-state index is 11.0. The van der Waals surface area contributed by atoms with E-state index in [-0.39, 0.29) is 12.1 Å². The summed E-state index contributed by atoms with van der Waals surface area (Å²) in [6.07, 6.45) is 2.81. The quantitative estimate of drug-likeness (QED) is 0.737. The average Bonchev–Trinajstić information content (AvgIpc) is 2.25. The molecule has 1 rings (SSSR count). The lowest BCUT2D eigenvalue weighted by Gasteiger charge is -2.22. The average molecular weight is 223 g/mol. The molecule has 0 saturated heterocycles. The zero-order valence-corrected chi connectivity index (χ0v) is 8.88. The van der Waals surface area contributed by atoms with Crippen LogP contribution in [-0.4, -0.2) is 35.1 Å². The number of hydrogen-bond donors (Lipinski definition) is 2. The molecule has 1 aromatic heterocycles. The minimum Gasteiger partial charge on any atom is -0.478 e. The number of anilines is 1. The number of carboxylic acids is 1. The van der Waals surface area contributed by atoms with E-state index in [0.29, 0.717) is 12.2 Å². The standard InChI is InChI=1S/C10H13N3O3/c1-2-13(6-9(11)14)8-5-12-4-3-7(8)10(15)16/h3-5H,2,6H2,1H3,(H2,11,14)(H,15,16). The van der Waals surface area contributed by atoms with Gasteiger partial charge in [0.25, 0.3) is 0 Å². The highest BCUT2D eigenvalue weighted by atomic mass is 16.4. The maximum absolute atomic E-state index is 11.0. The van der Waals surface area contributed by atoms with Crippen molar-refractivity contribution in [2.75, 3.05) is 18.0 Å². The van der Waals surface area contributed by atoms with Crippen LogP contribution in [0.25, 0.3) is 0 Å². The van der Waals surface area contributed by atoms with Gasteiger partial charge >= 0.3 is 5.97 Å². The van der Waals surface area contributed by atoms with E-state index in [1.807, 2.05) is 6.92 Å². The lowest BCUT2D eigenvalue weighted by molar-refractivity contribution is -0.116. The number of likely N-dealkylation sites (N-methyl/N-ethyl adjacent to an activating group) is 1. The Bertz CT molecular complexity index is 406. The lowest BCUT2D eigenvalue weighted by Crippen LogP contribution is -2.34. The van der Waals surface area contributed by atoms with Gasteiger partial charge in [0.1, 0.15) is 0 Å². The minimum atomic E-state index is -1.06. The van der Waals surface area contributed by atoms with Crippen LogP contribution in [0, 0.1) is 0 Å². The maximum Gasteiger partial charge on any atom is 0.337 e. The lowest BCUT2D eigenvalue weighted by atomic mass is 10.2. The zero-order chi connectivity index (χ0) is 12.1. The molecule has 6 heteroatoms. The third-order valence-electron chi connectivity index (χ3n) is 2.10. The summed E-state index contributed by atoms with van der Waals surface area (Å²) >= 11 is 0. The van der Waals surface area contributed by atoms with Crippen LogP contribution < -0.4 is 10.6 Å². The molecule has 0 aliphatic heterocycles. The zero-order valence-electron chi connectivity index (χ0n) is 8.88. The van der Waals surface area contributed by atoms with Crippen molar-refractivity contribution in [3.8, 4) is 0 Å². The van der Waals surface area contributed by atoms with E-state index < -0.39 is 11.9 Å². The molecule has 0 aliphatic rings. The van der Waals surface area contributed by atoms with Crippen molar-refractivity contribution >= 4 is 17.6 Å². The molecule has 0 spiro atoms. The Morgan fingerprint density at radius 2 is 2.25 bits per heavy atom. The monoisotopic (exact) mass is 223 g/mol. The number of amides is 1. The SMILES string of the molecule is CCN(CC(N)=O)c1cnccc1C(=O)O. The molecular weight excluding hydrogens is 210 g/mol. The van der Waals surface area contributed by atoms with Crippen LogP contribution in [0.1, 0.15) is 17.3 Å². The van der Waals surface area contributed by atoms with Crippen LogP contribution in [-0.2, 0) is 4.79 Å². The van der Waals surface area contributed by atoms with Gasteiger partial charge in [-0.25, -0.2) is 4.79 Å². The summed E-state index contributed by atoms with van der Waals surface area (Å²) in [5, 5.41) is 8.97. The van der Waals surface area contributed by atoms with Gasteiger partial charge in [-0.05, 0) is 13.0 Å². The van der Waals surface area contributed by atoms with E-state index in [9.17, 15) is 9.59 Å². The fourth-order valence-electron chi connectivity index (χ4n) is 1.37. The Morgan fingerprint density at radius 1 is 1.56 bits per heavy atom. The van der Waals surface area contributed by atoms with Gasteiger partial charge in [-0.1, -0.05) is 0 Å². The first kappa shape index (κ1) is 12.0. The summed E-state index contributed by atoms with van der Waals surface area (Å²) in [5.41, 5.74) is 5.59. The molecule has 0 bridgehead atoms. The Balaban J connectivity index is 3.08. The van der Waals surface area contributed by atoms with Crippen molar-refractivity contribution in [2.24, 2.45) is 5.73 Å². The van der Waals surface area contributed by atoms with Crippen molar-refractivity contribution in [3.63, 3.8) is 0 Å². The summed E-state index contributed by atoms with van der Waals surface area (Å²) in [4.78, 5) is 27.2. The highest BCUT2D eigenvalue weighted by molar-refractivity contribution is 5.95. The minimum absolute atomic E-state index is 0.0253. The van der Waals surface area contributed by atoms with Gasteiger partial charge in [-0.2, -0.15) is 0 Å². The molecule has 0 radical (unpaired) electrons. The molecule has 16 heavy (non-hydrogen) atoms. The van der Waals surface area contributed by atoms with Crippen molar-refractivity contribution in [1.29, 1.82) is 0 Å². The molecule has 0 aliphatic carbocycles. The Hall–Kier alpha value is -2.11. The number of carbonyl (C=O) groups is 2. The van der Waals surface area contributed by atoms with E-state index in [1.165, 1.54) is 18.5 Å². The van der Waals surface area contributed by atoms with Gasteiger partial charge in [0.15, 0.2) is 0 Å². The third kappa shape index (κ3) is 2.69. The van der Waals surface area contributed by atoms with Gasteiger partial charge < -0.3 is 15.7 Å². The molecule has 86 valence electrons. The van der Waals surface area contributed by atoms with Gasteiger partial charge in [-0.15, -0.1) is 0 Å². The number of rotatable bonds is 5. The molecule has 1 amide bonds. The van der Waals surface area contributed by atoms with E-state index in [0.717, 1.165) is 0 Å². The normalized spacial score (nSPS) is 9.81. The molecule has 1 heterocycles. The fraction of sp³-hybridized carbons (Fsp3) is 0.300. The number of nitrogens with two attached hydrogens (primary N) is 1. The highest BCUT2D eigenvalue weighted by Gasteiger charge is 2.16. The van der Waals surface area contributed by atoms with E-state index in [1.54, 1.807) is 4.90 Å². The van der Waals surface area contributed by atoms with E-state index in [4.69, 9.17) is 10.8 Å². The van der Waals surface area contributed by atoms with E-state index >= 15 is 0 Å². The summed E-state index contributed by atoms with van der Waals surface area (Å²) < 4.78 is 0. The number of nitrogens with zero attached hydrogens (tertiary/aromatic N) is 2. The number of aromatic carboxylic acids is 1. The first-order valence-electron chi connectivity index (χ1n) is 4.76. The Morgan fingerprint density at radius 3 is 2.75 bits per heavy atom. The first-order chi connectivity index (χ1) is 7.56. The first-order valence-corrected chi connectivity index (χ1v) is 4.76. The number of hydrogen-bond acceptors (Lipinski definition) is 4. The Kier molecular flexibility index (Phi) is 3.82. The van der Waals surface area contributed by atoms with Crippen LogP contribution in [0.2, 0.25) is 0 Å². The number of aromatic nitrogens is 1. The largest absolute Gasteiger partial charge is 0.478 e. The summed E-state index contributed by atoms with van der Waals surface area (Å²) in [6, 6.07) is 1.39. The predicted molar refractivity (Wildman–Crippen MR) is 58.3 cm³/mol. The van der Waals surface area contributed by atoms with Crippen LogP contribution in [0.15, 0.2) is 18.5 Å². The number of carbonyl (C=O) groups excluding carboxylic acids is 1. The molecule has 0 unspecified atom stereocenters. The van der Waals surface area contributed by atoms with Crippen LogP contribution in [0.4, 0.5) is 5.69 Å². The van der Waals surface area contributed by atoms with Gasteiger partial charge in [0.05, 0.1) is 24.0 Å². The summed E-state index contributed by atoms with van der Waals surface area (Å²) in [6.45, 7) is 2.26.